The molecular formula is C27H28N4O. The fourth-order valence-corrected chi connectivity index (χ4v) is 5.72. The van der Waals surface area contributed by atoms with Gasteiger partial charge < -0.3 is 4.74 Å². The van der Waals surface area contributed by atoms with Gasteiger partial charge in [-0.3, -0.25) is 0 Å². The highest BCUT2D eigenvalue weighted by Gasteiger charge is 2.62. The van der Waals surface area contributed by atoms with Crippen molar-refractivity contribution in [3.05, 3.63) is 67.3 Å². The van der Waals surface area contributed by atoms with Gasteiger partial charge in [-0.1, -0.05) is 44.2 Å². The molecule has 0 spiro atoms. The highest BCUT2D eigenvalue weighted by Crippen LogP contribution is 2.66. The highest BCUT2D eigenvalue weighted by molar-refractivity contribution is 5.78. The summed E-state index contributed by atoms with van der Waals surface area (Å²) in [5.41, 5.74) is 5.16. The van der Waals surface area contributed by atoms with Crippen LogP contribution in [0.4, 0.5) is 0 Å². The number of aromatic nitrogens is 4. The van der Waals surface area contributed by atoms with Crippen LogP contribution in [0.25, 0.3) is 27.9 Å². The van der Waals surface area contributed by atoms with Gasteiger partial charge in [-0.25, -0.2) is 14.5 Å². The molecule has 0 radical (unpaired) electrons. The Kier molecular flexibility index (Phi) is 4.19. The second-order valence-corrected chi connectivity index (χ2v) is 10.2. The molecule has 0 bridgehead atoms. The van der Waals surface area contributed by atoms with E-state index in [1.807, 2.05) is 53.6 Å². The molecule has 1 aromatic carbocycles. The second-order valence-electron chi connectivity index (χ2n) is 10.2. The van der Waals surface area contributed by atoms with E-state index in [0.717, 1.165) is 52.6 Å². The summed E-state index contributed by atoms with van der Waals surface area (Å²) >= 11 is 0. The molecule has 3 unspecified atom stereocenters. The van der Waals surface area contributed by atoms with Crippen LogP contribution in [0.5, 0.6) is 5.88 Å². The molecule has 0 saturated heterocycles. The van der Waals surface area contributed by atoms with Crippen molar-refractivity contribution in [2.75, 3.05) is 0 Å². The zero-order chi connectivity index (χ0) is 21.9. The molecule has 5 nitrogen and oxygen atoms in total. The molecular weight excluding hydrogens is 396 g/mol. The fraction of sp³-hybridized carbons (Fsp3) is 0.370. The van der Waals surface area contributed by atoms with Gasteiger partial charge in [-0.15, -0.1) is 0 Å². The first-order valence-electron chi connectivity index (χ1n) is 11.5. The largest absolute Gasteiger partial charge is 0.471 e. The van der Waals surface area contributed by atoms with E-state index in [1.54, 1.807) is 0 Å². The van der Waals surface area contributed by atoms with Crippen LogP contribution in [-0.4, -0.2) is 25.2 Å². The van der Waals surface area contributed by atoms with Crippen molar-refractivity contribution in [2.24, 2.45) is 17.3 Å². The first-order chi connectivity index (χ1) is 15.4. The minimum atomic E-state index is -0.179. The molecule has 2 aliphatic carbocycles. The normalized spacial score (nSPS) is 26.0. The number of benzene rings is 1. The standard InChI is InChI=1S/C27H28N4O/c1-26(2)22-11-12-27(3,14-23(22)26)32-25-20(10-7-13-28-25)19-15-29-24-21(16-30-31(24)17-19)18-8-5-4-6-9-18/h4-10,13,15-17,22-23H,11-12,14H2,1-3H3. The van der Waals surface area contributed by atoms with Crippen molar-refractivity contribution in [1.29, 1.82) is 0 Å². The third-order valence-corrected chi connectivity index (χ3v) is 7.79. The SMILES string of the molecule is CC1(Oc2ncccc2-c2cnc3c(-c4ccccc4)cnn3c2)CCC2C(C1)C2(C)C. The van der Waals surface area contributed by atoms with Crippen LogP contribution in [0.2, 0.25) is 0 Å². The second kappa shape index (κ2) is 6.89. The summed E-state index contributed by atoms with van der Waals surface area (Å²) in [6, 6.07) is 14.2. The molecule has 32 heavy (non-hydrogen) atoms. The Morgan fingerprint density at radius 2 is 1.75 bits per heavy atom. The third-order valence-electron chi connectivity index (χ3n) is 7.79. The molecule has 5 heteroatoms. The molecule has 3 atom stereocenters. The number of fused-ring (bicyclic) bond motifs is 2. The van der Waals surface area contributed by atoms with Crippen LogP contribution < -0.4 is 4.74 Å². The smallest absolute Gasteiger partial charge is 0.221 e. The minimum absolute atomic E-state index is 0.179. The van der Waals surface area contributed by atoms with Gasteiger partial charge in [0.15, 0.2) is 5.65 Å². The lowest BCUT2D eigenvalue weighted by Gasteiger charge is -2.34. The topological polar surface area (TPSA) is 52.3 Å². The van der Waals surface area contributed by atoms with E-state index in [0.29, 0.717) is 11.3 Å². The van der Waals surface area contributed by atoms with Gasteiger partial charge in [0.2, 0.25) is 5.88 Å². The van der Waals surface area contributed by atoms with Crippen molar-refractivity contribution >= 4 is 5.65 Å². The summed E-state index contributed by atoms with van der Waals surface area (Å²) in [5.74, 6) is 2.29. The Balaban J connectivity index is 1.33. The molecule has 162 valence electrons. The maximum Gasteiger partial charge on any atom is 0.221 e. The predicted octanol–water partition coefficient (Wildman–Crippen LogP) is 6.05. The first kappa shape index (κ1) is 19.5. The molecule has 0 aliphatic heterocycles. The van der Waals surface area contributed by atoms with Gasteiger partial charge in [-0.05, 0) is 61.1 Å². The Labute approximate surface area is 188 Å². The zero-order valence-electron chi connectivity index (χ0n) is 18.8. The van der Waals surface area contributed by atoms with Crippen molar-refractivity contribution < 1.29 is 4.74 Å². The lowest BCUT2D eigenvalue weighted by atomic mass is 9.86. The Bertz CT molecular complexity index is 1300. The molecule has 3 heterocycles. The predicted molar refractivity (Wildman–Crippen MR) is 125 cm³/mol. The van der Waals surface area contributed by atoms with E-state index in [4.69, 9.17) is 9.72 Å². The number of hydrogen-bond acceptors (Lipinski definition) is 4. The summed E-state index contributed by atoms with van der Waals surface area (Å²) in [6.45, 7) is 7.04. The van der Waals surface area contributed by atoms with E-state index in [9.17, 15) is 0 Å². The lowest BCUT2D eigenvalue weighted by molar-refractivity contribution is 0.0399. The van der Waals surface area contributed by atoms with E-state index in [-0.39, 0.29) is 5.60 Å². The molecule has 0 N–H and O–H groups in total. The van der Waals surface area contributed by atoms with Crippen molar-refractivity contribution in [3.63, 3.8) is 0 Å². The van der Waals surface area contributed by atoms with Crippen LogP contribution in [-0.2, 0) is 0 Å². The summed E-state index contributed by atoms with van der Waals surface area (Å²) in [7, 11) is 0. The van der Waals surface area contributed by atoms with E-state index < -0.39 is 0 Å². The molecule has 4 aromatic rings. The van der Waals surface area contributed by atoms with Crippen molar-refractivity contribution in [3.8, 4) is 28.1 Å². The molecule has 6 rings (SSSR count). The van der Waals surface area contributed by atoms with E-state index in [2.05, 4.69) is 49.1 Å². The monoisotopic (exact) mass is 424 g/mol. The first-order valence-corrected chi connectivity index (χ1v) is 11.5. The van der Waals surface area contributed by atoms with Crippen LogP contribution in [0.15, 0.2) is 67.3 Å². The number of ether oxygens (including phenoxy) is 1. The average molecular weight is 425 g/mol. The maximum atomic E-state index is 6.64. The number of hydrogen-bond donors (Lipinski definition) is 0. The zero-order valence-corrected chi connectivity index (χ0v) is 18.8. The Morgan fingerprint density at radius 1 is 0.906 bits per heavy atom. The van der Waals surface area contributed by atoms with Crippen molar-refractivity contribution in [1.82, 2.24) is 19.6 Å². The molecule has 2 saturated carbocycles. The average Bonchev–Trinajstić information content (AvgIpc) is 3.13. The summed E-state index contributed by atoms with van der Waals surface area (Å²) in [4.78, 5) is 9.38. The maximum absolute atomic E-state index is 6.64. The Morgan fingerprint density at radius 3 is 2.56 bits per heavy atom. The van der Waals surface area contributed by atoms with Crippen LogP contribution in [0.3, 0.4) is 0 Å². The highest BCUT2D eigenvalue weighted by atomic mass is 16.5. The van der Waals surface area contributed by atoms with Crippen LogP contribution in [0, 0.1) is 17.3 Å². The fourth-order valence-electron chi connectivity index (χ4n) is 5.72. The quantitative estimate of drug-likeness (QED) is 0.400. The van der Waals surface area contributed by atoms with Gasteiger partial charge in [0.05, 0.1) is 6.20 Å². The number of rotatable bonds is 4. The molecule has 3 aromatic heterocycles. The summed E-state index contributed by atoms with van der Waals surface area (Å²) < 4.78 is 8.48. The summed E-state index contributed by atoms with van der Waals surface area (Å²) in [5, 5.41) is 4.56. The molecule has 2 aliphatic rings. The number of nitrogens with zero attached hydrogens (tertiary/aromatic N) is 4. The van der Waals surface area contributed by atoms with Crippen molar-refractivity contribution in [2.45, 2.75) is 45.6 Å². The van der Waals surface area contributed by atoms with Gasteiger partial charge >= 0.3 is 0 Å². The molecule has 0 amide bonds. The Hall–Kier alpha value is -3.21. The van der Waals surface area contributed by atoms with Gasteiger partial charge in [0, 0.05) is 35.3 Å². The van der Waals surface area contributed by atoms with E-state index in [1.165, 1.54) is 6.42 Å². The summed E-state index contributed by atoms with van der Waals surface area (Å²) in [6.07, 6.45) is 11.0. The lowest BCUT2D eigenvalue weighted by Crippen LogP contribution is -2.36. The van der Waals surface area contributed by atoms with Gasteiger partial charge in [0.25, 0.3) is 0 Å². The minimum Gasteiger partial charge on any atom is -0.471 e. The van der Waals surface area contributed by atoms with Gasteiger partial charge in [-0.2, -0.15) is 5.10 Å². The number of pyridine rings is 1. The van der Waals surface area contributed by atoms with E-state index >= 15 is 0 Å². The van der Waals surface area contributed by atoms with Crippen LogP contribution in [0.1, 0.15) is 40.0 Å². The van der Waals surface area contributed by atoms with Crippen LogP contribution >= 0.6 is 0 Å². The molecule has 2 fully saturated rings. The third kappa shape index (κ3) is 3.10. The van der Waals surface area contributed by atoms with Gasteiger partial charge in [0.1, 0.15) is 5.60 Å².